The van der Waals surface area contributed by atoms with Gasteiger partial charge in [-0.3, -0.25) is 9.59 Å². The second-order valence-corrected chi connectivity index (χ2v) is 5.48. The van der Waals surface area contributed by atoms with Crippen LogP contribution >= 0.6 is 0 Å². The normalized spacial score (nSPS) is 16.4. The van der Waals surface area contributed by atoms with Crippen LogP contribution in [0.2, 0.25) is 0 Å². The Balaban J connectivity index is 1.83. The Kier molecular flexibility index (Phi) is 5.31. The van der Waals surface area contributed by atoms with Gasteiger partial charge in [-0.15, -0.1) is 0 Å². The highest BCUT2D eigenvalue weighted by Crippen LogP contribution is 2.10. The third kappa shape index (κ3) is 4.55. The summed E-state index contributed by atoms with van der Waals surface area (Å²) in [5.41, 5.74) is 0.728. The van der Waals surface area contributed by atoms with E-state index < -0.39 is 6.04 Å². The average molecular weight is 292 g/mol. The molecule has 1 unspecified atom stereocenters. The topological polar surface area (TPSA) is 49.4 Å². The van der Waals surface area contributed by atoms with Crippen LogP contribution in [-0.4, -0.2) is 35.8 Å². The zero-order valence-electron chi connectivity index (χ0n) is 12.3. The van der Waals surface area contributed by atoms with Crippen molar-refractivity contribution >= 4 is 11.8 Å². The lowest BCUT2D eigenvalue weighted by Crippen LogP contribution is -2.48. The summed E-state index contributed by atoms with van der Waals surface area (Å²) in [5, 5.41) is 2.72. The van der Waals surface area contributed by atoms with Crippen LogP contribution in [0.15, 0.2) is 24.3 Å². The quantitative estimate of drug-likeness (QED) is 0.921. The smallest absolute Gasteiger partial charge is 0.244 e. The summed E-state index contributed by atoms with van der Waals surface area (Å²) in [7, 11) is 0. The molecule has 1 heterocycles. The molecule has 1 aromatic carbocycles. The van der Waals surface area contributed by atoms with Gasteiger partial charge in [-0.1, -0.05) is 12.1 Å². The van der Waals surface area contributed by atoms with Crippen molar-refractivity contribution in [3.05, 3.63) is 35.6 Å². The summed E-state index contributed by atoms with van der Waals surface area (Å²) < 4.78 is 12.8. The number of halogens is 1. The molecule has 1 fully saturated rings. The van der Waals surface area contributed by atoms with Crippen LogP contribution in [0.5, 0.6) is 0 Å². The molecule has 1 atom stereocenters. The summed E-state index contributed by atoms with van der Waals surface area (Å²) >= 11 is 0. The maximum absolute atomic E-state index is 12.8. The van der Waals surface area contributed by atoms with Crippen molar-refractivity contribution in [2.75, 3.05) is 13.1 Å². The van der Waals surface area contributed by atoms with Crippen LogP contribution in [0.25, 0.3) is 0 Å². The number of amides is 2. The van der Waals surface area contributed by atoms with Crippen molar-refractivity contribution in [3.63, 3.8) is 0 Å². The van der Waals surface area contributed by atoms with E-state index >= 15 is 0 Å². The number of carbonyl (C=O) groups excluding carboxylic acids is 2. The molecule has 0 aliphatic carbocycles. The molecule has 0 saturated carbocycles. The molecule has 114 valence electrons. The van der Waals surface area contributed by atoms with Gasteiger partial charge in [-0.2, -0.15) is 0 Å². The van der Waals surface area contributed by atoms with Crippen LogP contribution in [-0.2, 0) is 16.0 Å². The van der Waals surface area contributed by atoms with Gasteiger partial charge in [0.15, 0.2) is 0 Å². The minimum absolute atomic E-state index is 0.0258. The molecule has 0 spiro atoms. The van der Waals surface area contributed by atoms with Crippen molar-refractivity contribution in [2.45, 2.75) is 38.6 Å². The number of hydrogen-bond donors (Lipinski definition) is 1. The number of rotatable bonds is 4. The number of hydrogen-bond acceptors (Lipinski definition) is 2. The highest BCUT2D eigenvalue weighted by atomic mass is 19.1. The van der Waals surface area contributed by atoms with Crippen LogP contribution in [0.1, 0.15) is 31.7 Å². The van der Waals surface area contributed by atoms with E-state index in [1.165, 1.54) is 12.1 Å². The highest BCUT2D eigenvalue weighted by Gasteiger charge is 2.23. The molecule has 2 amide bonds. The Morgan fingerprint density at radius 1 is 1.19 bits per heavy atom. The Labute approximate surface area is 124 Å². The predicted molar refractivity (Wildman–Crippen MR) is 78.1 cm³/mol. The van der Waals surface area contributed by atoms with E-state index in [0.717, 1.165) is 37.9 Å². The van der Waals surface area contributed by atoms with E-state index in [9.17, 15) is 14.0 Å². The molecule has 0 bridgehead atoms. The van der Waals surface area contributed by atoms with Crippen LogP contribution in [0, 0.1) is 5.82 Å². The van der Waals surface area contributed by atoms with Crippen molar-refractivity contribution < 1.29 is 14.0 Å². The van der Waals surface area contributed by atoms with Gasteiger partial charge >= 0.3 is 0 Å². The van der Waals surface area contributed by atoms with Crippen molar-refractivity contribution in [2.24, 2.45) is 0 Å². The second kappa shape index (κ2) is 7.20. The third-order valence-electron chi connectivity index (χ3n) is 3.69. The van der Waals surface area contributed by atoms with E-state index in [0.29, 0.717) is 0 Å². The van der Waals surface area contributed by atoms with Gasteiger partial charge in [-0.25, -0.2) is 4.39 Å². The zero-order valence-corrected chi connectivity index (χ0v) is 12.3. The molecule has 1 N–H and O–H groups in total. The lowest BCUT2D eigenvalue weighted by molar-refractivity contribution is -0.136. The fraction of sp³-hybridized carbons (Fsp3) is 0.500. The number of carbonyl (C=O) groups is 2. The van der Waals surface area contributed by atoms with E-state index in [1.54, 1.807) is 19.1 Å². The fourth-order valence-electron chi connectivity index (χ4n) is 2.53. The lowest BCUT2D eigenvalue weighted by Gasteiger charge is -2.29. The van der Waals surface area contributed by atoms with E-state index in [1.807, 2.05) is 4.90 Å². The third-order valence-corrected chi connectivity index (χ3v) is 3.69. The molecule has 0 aromatic heterocycles. The summed E-state index contributed by atoms with van der Waals surface area (Å²) in [6.07, 6.45) is 3.37. The Hall–Kier alpha value is -1.91. The summed E-state index contributed by atoms with van der Waals surface area (Å²) in [6, 6.07) is 5.28. The zero-order chi connectivity index (χ0) is 15.2. The highest BCUT2D eigenvalue weighted by molar-refractivity contribution is 5.88. The van der Waals surface area contributed by atoms with Gasteiger partial charge in [0.05, 0.1) is 6.42 Å². The molecule has 1 saturated heterocycles. The van der Waals surface area contributed by atoms with Crippen molar-refractivity contribution in [1.82, 2.24) is 10.2 Å². The summed E-state index contributed by atoms with van der Waals surface area (Å²) in [4.78, 5) is 25.9. The Bertz CT molecular complexity index is 496. The molecular formula is C16H21FN2O2. The maximum Gasteiger partial charge on any atom is 0.244 e. The minimum atomic E-state index is -0.518. The predicted octanol–water partition coefficient (Wildman–Crippen LogP) is 1.89. The van der Waals surface area contributed by atoms with Crippen molar-refractivity contribution in [1.29, 1.82) is 0 Å². The minimum Gasteiger partial charge on any atom is -0.344 e. The monoisotopic (exact) mass is 292 g/mol. The van der Waals surface area contributed by atoms with Crippen LogP contribution < -0.4 is 5.32 Å². The number of nitrogens with zero attached hydrogens (tertiary/aromatic N) is 1. The van der Waals surface area contributed by atoms with Gasteiger partial charge in [-0.05, 0) is 43.9 Å². The second-order valence-electron chi connectivity index (χ2n) is 5.48. The first-order valence-corrected chi connectivity index (χ1v) is 7.39. The van der Waals surface area contributed by atoms with Gasteiger partial charge in [0.1, 0.15) is 11.9 Å². The molecule has 1 aromatic rings. The fourth-order valence-corrected chi connectivity index (χ4v) is 2.53. The van der Waals surface area contributed by atoms with Gasteiger partial charge in [0, 0.05) is 13.1 Å². The molecule has 4 nitrogen and oxygen atoms in total. The van der Waals surface area contributed by atoms with E-state index in [-0.39, 0.29) is 24.1 Å². The molecule has 1 aliphatic heterocycles. The molecule has 21 heavy (non-hydrogen) atoms. The summed E-state index contributed by atoms with van der Waals surface area (Å²) in [6.45, 7) is 3.26. The Morgan fingerprint density at radius 2 is 1.81 bits per heavy atom. The lowest BCUT2D eigenvalue weighted by atomic mass is 10.1. The average Bonchev–Trinajstić information content (AvgIpc) is 2.49. The Morgan fingerprint density at radius 3 is 2.43 bits per heavy atom. The number of nitrogens with one attached hydrogen (secondary N) is 1. The molecule has 1 aliphatic rings. The first-order chi connectivity index (χ1) is 10.1. The van der Waals surface area contributed by atoms with E-state index in [2.05, 4.69) is 5.32 Å². The van der Waals surface area contributed by atoms with Gasteiger partial charge in [0.25, 0.3) is 0 Å². The molecular weight excluding hydrogens is 271 g/mol. The largest absolute Gasteiger partial charge is 0.344 e. The summed E-state index contributed by atoms with van der Waals surface area (Å²) in [5.74, 6) is -0.575. The molecule has 0 radical (unpaired) electrons. The number of likely N-dealkylation sites (tertiary alicyclic amines) is 1. The molecule has 5 heteroatoms. The van der Waals surface area contributed by atoms with Crippen LogP contribution in [0.3, 0.4) is 0 Å². The van der Waals surface area contributed by atoms with Crippen molar-refractivity contribution in [3.8, 4) is 0 Å². The van der Waals surface area contributed by atoms with E-state index in [4.69, 9.17) is 0 Å². The van der Waals surface area contributed by atoms with Gasteiger partial charge in [0.2, 0.25) is 11.8 Å². The number of benzene rings is 1. The maximum atomic E-state index is 12.8. The molecule has 2 rings (SSSR count). The first kappa shape index (κ1) is 15.5. The SMILES string of the molecule is CC(NC(=O)Cc1ccc(F)cc1)C(=O)N1CCCCC1. The number of piperidine rings is 1. The standard InChI is InChI=1S/C16H21FN2O2/c1-12(16(21)19-9-3-2-4-10-19)18-15(20)11-13-5-7-14(17)8-6-13/h5-8,12H,2-4,9-11H2,1H3,(H,18,20). The van der Waals surface area contributed by atoms with Crippen LogP contribution in [0.4, 0.5) is 4.39 Å². The van der Waals surface area contributed by atoms with Gasteiger partial charge < -0.3 is 10.2 Å². The first-order valence-electron chi connectivity index (χ1n) is 7.39.